The lowest BCUT2D eigenvalue weighted by Crippen LogP contribution is -2.12. The third-order valence-electron chi connectivity index (χ3n) is 3.18. The number of anilines is 1. The minimum Gasteiger partial charge on any atom is -0.322 e. The van der Waals surface area contributed by atoms with Crippen molar-refractivity contribution in [2.24, 2.45) is 0 Å². The van der Waals surface area contributed by atoms with Crippen LogP contribution >= 0.6 is 11.6 Å². The summed E-state index contributed by atoms with van der Waals surface area (Å²) in [7, 11) is 0. The maximum atomic E-state index is 13.1. The standard InChI is InChI=1S/C16H12ClFN4O/c17-14-7-13(4-5-15(14)18)21-16(23)12-3-1-2-11(6-12)8-22-10-19-9-20-22/h1-7,9-10H,8H2,(H,21,23). The van der Waals surface area contributed by atoms with Crippen LogP contribution < -0.4 is 5.32 Å². The van der Waals surface area contributed by atoms with E-state index in [1.165, 1.54) is 24.5 Å². The Balaban J connectivity index is 1.75. The molecule has 0 aliphatic heterocycles. The molecule has 1 aromatic heterocycles. The van der Waals surface area contributed by atoms with Gasteiger partial charge in [0.2, 0.25) is 0 Å². The molecule has 0 unspecified atom stereocenters. The number of nitrogens with one attached hydrogen (secondary N) is 1. The maximum Gasteiger partial charge on any atom is 0.255 e. The molecule has 0 fully saturated rings. The Morgan fingerprint density at radius 3 is 2.87 bits per heavy atom. The van der Waals surface area contributed by atoms with Crippen molar-refractivity contribution in [3.63, 3.8) is 0 Å². The smallest absolute Gasteiger partial charge is 0.255 e. The number of nitrogens with zero attached hydrogens (tertiary/aromatic N) is 3. The fraction of sp³-hybridized carbons (Fsp3) is 0.0625. The molecular formula is C16H12ClFN4O. The molecule has 0 radical (unpaired) electrons. The molecule has 1 amide bonds. The second-order valence-electron chi connectivity index (χ2n) is 4.88. The lowest BCUT2D eigenvalue weighted by atomic mass is 10.1. The second kappa shape index (κ2) is 6.58. The van der Waals surface area contributed by atoms with E-state index in [4.69, 9.17) is 11.6 Å². The highest BCUT2D eigenvalue weighted by atomic mass is 35.5. The van der Waals surface area contributed by atoms with Gasteiger partial charge in [0.05, 0.1) is 11.6 Å². The third-order valence-corrected chi connectivity index (χ3v) is 3.47. The first kappa shape index (κ1) is 15.2. The number of amides is 1. The highest BCUT2D eigenvalue weighted by Crippen LogP contribution is 2.20. The Bertz CT molecular complexity index is 836. The Morgan fingerprint density at radius 2 is 2.13 bits per heavy atom. The molecule has 0 aliphatic rings. The Morgan fingerprint density at radius 1 is 1.26 bits per heavy atom. The minimum absolute atomic E-state index is 0.0391. The van der Waals surface area contributed by atoms with Gasteiger partial charge in [-0.3, -0.25) is 4.79 Å². The molecule has 0 spiro atoms. The zero-order chi connectivity index (χ0) is 16.2. The van der Waals surface area contributed by atoms with E-state index in [-0.39, 0.29) is 10.9 Å². The van der Waals surface area contributed by atoms with E-state index < -0.39 is 5.82 Å². The van der Waals surface area contributed by atoms with Crippen LogP contribution in [0.3, 0.4) is 0 Å². The largest absolute Gasteiger partial charge is 0.322 e. The molecule has 0 saturated heterocycles. The Hall–Kier alpha value is -2.73. The molecule has 116 valence electrons. The average Bonchev–Trinajstić information content (AvgIpc) is 3.04. The summed E-state index contributed by atoms with van der Waals surface area (Å²) in [5.41, 5.74) is 1.84. The molecule has 3 rings (SSSR count). The van der Waals surface area contributed by atoms with E-state index in [0.29, 0.717) is 17.8 Å². The molecule has 1 heterocycles. The number of benzene rings is 2. The van der Waals surface area contributed by atoms with Crippen molar-refractivity contribution in [1.82, 2.24) is 14.8 Å². The highest BCUT2D eigenvalue weighted by molar-refractivity contribution is 6.31. The van der Waals surface area contributed by atoms with Gasteiger partial charge >= 0.3 is 0 Å². The van der Waals surface area contributed by atoms with E-state index in [1.807, 2.05) is 6.07 Å². The van der Waals surface area contributed by atoms with Crippen LogP contribution in [0.1, 0.15) is 15.9 Å². The average molecular weight is 331 g/mol. The lowest BCUT2D eigenvalue weighted by Gasteiger charge is -2.08. The second-order valence-corrected chi connectivity index (χ2v) is 5.28. The first-order chi connectivity index (χ1) is 11.1. The SMILES string of the molecule is O=C(Nc1ccc(F)c(Cl)c1)c1cccc(Cn2cncn2)c1. The van der Waals surface area contributed by atoms with Gasteiger partial charge in [0.1, 0.15) is 18.5 Å². The molecule has 7 heteroatoms. The third kappa shape index (κ3) is 3.73. The van der Waals surface area contributed by atoms with Crippen LogP contribution in [0.15, 0.2) is 55.1 Å². The molecular weight excluding hydrogens is 319 g/mol. The molecule has 2 aromatic carbocycles. The van der Waals surface area contributed by atoms with Crippen LogP contribution in [0, 0.1) is 5.82 Å². The summed E-state index contributed by atoms with van der Waals surface area (Å²) < 4.78 is 14.8. The topological polar surface area (TPSA) is 59.8 Å². The van der Waals surface area contributed by atoms with Crippen molar-refractivity contribution in [1.29, 1.82) is 0 Å². The number of hydrogen-bond donors (Lipinski definition) is 1. The Kier molecular flexibility index (Phi) is 4.34. The van der Waals surface area contributed by atoms with E-state index in [1.54, 1.807) is 29.2 Å². The monoisotopic (exact) mass is 330 g/mol. The van der Waals surface area contributed by atoms with Crippen LogP contribution in [0.4, 0.5) is 10.1 Å². The van der Waals surface area contributed by atoms with Gasteiger partial charge in [-0.1, -0.05) is 23.7 Å². The predicted octanol–water partition coefficient (Wildman–Crippen LogP) is 3.37. The van der Waals surface area contributed by atoms with Crippen molar-refractivity contribution in [2.75, 3.05) is 5.32 Å². The molecule has 0 bridgehead atoms. The van der Waals surface area contributed by atoms with Crippen molar-refractivity contribution in [2.45, 2.75) is 6.54 Å². The van der Waals surface area contributed by atoms with Crippen molar-refractivity contribution >= 4 is 23.2 Å². The molecule has 0 saturated carbocycles. The van der Waals surface area contributed by atoms with Gasteiger partial charge in [-0.25, -0.2) is 14.1 Å². The number of carbonyl (C=O) groups is 1. The summed E-state index contributed by atoms with van der Waals surface area (Å²) in [4.78, 5) is 16.2. The normalized spacial score (nSPS) is 10.5. The summed E-state index contributed by atoms with van der Waals surface area (Å²) >= 11 is 5.71. The van der Waals surface area contributed by atoms with Crippen LogP contribution in [-0.4, -0.2) is 20.7 Å². The quantitative estimate of drug-likeness (QED) is 0.798. The maximum absolute atomic E-state index is 13.1. The lowest BCUT2D eigenvalue weighted by molar-refractivity contribution is 0.102. The van der Waals surface area contributed by atoms with Gasteiger partial charge in [-0.15, -0.1) is 0 Å². The van der Waals surface area contributed by atoms with Gasteiger partial charge in [0.15, 0.2) is 0 Å². The zero-order valence-electron chi connectivity index (χ0n) is 11.9. The summed E-state index contributed by atoms with van der Waals surface area (Å²) in [6, 6.07) is 11.2. The number of carbonyl (C=O) groups excluding carboxylic acids is 1. The predicted molar refractivity (Wildman–Crippen MR) is 84.9 cm³/mol. The molecule has 1 N–H and O–H groups in total. The van der Waals surface area contributed by atoms with E-state index in [9.17, 15) is 9.18 Å². The van der Waals surface area contributed by atoms with Crippen LogP contribution in [0.5, 0.6) is 0 Å². The fourth-order valence-corrected chi connectivity index (χ4v) is 2.27. The van der Waals surface area contributed by atoms with Crippen molar-refractivity contribution in [3.8, 4) is 0 Å². The van der Waals surface area contributed by atoms with Crippen LogP contribution in [0.2, 0.25) is 5.02 Å². The molecule has 0 aliphatic carbocycles. The fourth-order valence-electron chi connectivity index (χ4n) is 2.09. The van der Waals surface area contributed by atoms with Gasteiger partial charge in [0, 0.05) is 11.3 Å². The van der Waals surface area contributed by atoms with E-state index in [2.05, 4.69) is 15.4 Å². The summed E-state index contributed by atoms with van der Waals surface area (Å²) in [6.07, 6.45) is 3.06. The number of halogens is 2. The van der Waals surface area contributed by atoms with Crippen LogP contribution in [0.25, 0.3) is 0 Å². The van der Waals surface area contributed by atoms with Gasteiger partial charge in [0.25, 0.3) is 5.91 Å². The molecule has 0 atom stereocenters. The Labute approximate surface area is 136 Å². The first-order valence-electron chi connectivity index (χ1n) is 6.79. The number of aromatic nitrogens is 3. The van der Waals surface area contributed by atoms with E-state index in [0.717, 1.165) is 5.56 Å². The van der Waals surface area contributed by atoms with E-state index >= 15 is 0 Å². The van der Waals surface area contributed by atoms with Gasteiger partial charge in [-0.05, 0) is 35.9 Å². The van der Waals surface area contributed by atoms with Crippen molar-refractivity contribution < 1.29 is 9.18 Å². The molecule has 3 aromatic rings. The zero-order valence-corrected chi connectivity index (χ0v) is 12.7. The number of hydrogen-bond acceptors (Lipinski definition) is 3. The van der Waals surface area contributed by atoms with Gasteiger partial charge < -0.3 is 5.32 Å². The summed E-state index contributed by atoms with van der Waals surface area (Å²) in [5.74, 6) is -0.826. The summed E-state index contributed by atoms with van der Waals surface area (Å²) in [6.45, 7) is 0.517. The first-order valence-corrected chi connectivity index (χ1v) is 7.17. The number of rotatable bonds is 4. The van der Waals surface area contributed by atoms with Crippen LogP contribution in [-0.2, 0) is 6.54 Å². The molecule has 23 heavy (non-hydrogen) atoms. The molecule has 5 nitrogen and oxygen atoms in total. The van der Waals surface area contributed by atoms with Crippen molar-refractivity contribution in [3.05, 3.63) is 77.1 Å². The van der Waals surface area contributed by atoms with Gasteiger partial charge in [-0.2, -0.15) is 5.10 Å². The highest BCUT2D eigenvalue weighted by Gasteiger charge is 2.09. The minimum atomic E-state index is -0.528. The summed E-state index contributed by atoms with van der Waals surface area (Å²) in [5, 5.41) is 6.67.